The normalized spacial score (nSPS) is 10.6. The number of carbonyl (C=O) groups is 2. The van der Waals surface area contributed by atoms with Crippen molar-refractivity contribution in [3.05, 3.63) is 55.4 Å². The molecule has 0 unspecified atom stereocenters. The first kappa shape index (κ1) is 21.4. The first-order valence-electron chi connectivity index (χ1n) is 9.81. The lowest BCUT2D eigenvalue weighted by Crippen LogP contribution is -2.34. The molecule has 0 radical (unpaired) electrons. The molecule has 1 aromatic heterocycles. The monoisotopic (exact) mass is 382 g/mol. The smallest absolute Gasteiger partial charge is 0.243 e. The number of rotatable bonds is 12. The third kappa shape index (κ3) is 5.81. The highest BCUT2D eigenvalue weighted by Crippen LogP contribution is 2.17. The van der Waals surface area contributed by atoms with Crippen LogP contribution in [0.1, 0.15) is 32.0 Å². The number of nitrogens with one attached hydrogen (secondary N) is 1. The Balaban J connectivity index is 2.13. The molecule has 0 fully saturated rings. The van der Waals surface area contributed by atoms with Crippen molar-refractivity contribution in [2.75, 3.05) is 19.6 Å². The van der Waals surface area contributed by atoms with Crippen LogP contribution >= 0.6 is 0 Å². The zero-order chi connectivity index (χ0) is 20.4. The van der Waals surface area contributed by atoms with Gasteiger partial charge in [0.1, 0.15) is 12.4 Å². The number of imidazole rings is 1. The Bertz CT molecular complexity index is 815. The molecule has 1 N–H and O–H groups in total. The van der Waals surface area contributed by atoms with Crippen molar-refractivity contribution in [3.8, 4) is 0 Å². The second-order valence-corrected chi connectivity index (χ2v) is 6.68. The number of aromatic nitrogens is 2. The van der Waals surface area contributed by atoms with Crippen LogP contribution < -0.4 is 5.32 Å². The Hall–Kier alpha value is -2.89. The van der Waals surface area contributed by atoms with E-state index in [2.05, 4.69) is 18.5 Å². The third-order valence-corrected chi connectivity index (χ3v) is 4.46. The zero-order valence-corrected chi connectivity index (χ0v) is 16.7. The van der Waals surface area contributed by atoms with E-state index >= 15 is 0 Å². The highest BCUT2D eigenvalue weighted by atomic mass is 16.2. The van der Waals surface area contributed by atoms with E-state index in [0.717, 1.165) is 29.7 Å². The molecule has 0 aliphatic heterocycles. The Kier molecular flexibility index (Phi) is 8.46. The fraction of sp³-hybridized carbons (Fsp3) is 0.409. The number of aryl methyl sites for hydroxylation is 1. The topological polar surface area (TPSA) is 67.2 Å². The minimum atomic E-state index is 0.000418. The average Bonchev–Trinajstić information content (AvgIpc) is 3.03. The summed E-state index contributed by atoms with van der Waals surface area (Å²) < 4.78 is 1.98. The first-order chi connectivity index (χ1) is 13.6. The van der Waals surface area contributed by atoms with Crippen LogP contribution in [0.4, 0.5) is 0 Å². The maximum Gasteiger partial charge on any atom is 0.243 e. The third-order valence-electron chi connectivity index (χ3n) is 4.46. The van der Waals surface area contributed by atoms with Crippen molar-refractivity contribution in [1.82, 2.24) is 19.8 Å². The van der Waals surface area contributed by atoms with Gasteiger partial charge in [-0.15, -0.1) is 13.2 Å². The Morgan fingerprint density at radius 3 is 2.61 bits per heavy atom. The summed E-state index contributed by atoms with van der Waals surface area (Å²) in [5.41, 5.74) is 1.82. The van der Waals surface area contributed by atoms with Gasteiger partial charge in [-0.2, -0.15) is 0 Å². The van der Waals surface area contributed by atoms with Crippen molar-refractivity contribution in [1.29, 1.82) is 0 Å². The summed E-state index contributed by atoms with van der Waals surface area (Å²) in [5, 5.41) is 2.93. The maximum atomic E-state index is 12.8. The molecule has 28 heavy (non-hydrogen) atoms. The second-order valence-electron chi connectivity index (χ2n) is 6.68. The van der Waals surface area contributed by atoms with Crippen molar-refractivity contribution in [3.63, 3.8) is 0 Å². The number of carbonyl (C=O) groups excluding carboxylic acids is 2. The summed E-state index contributed by atoms with van der Waals surface area (Å²) in [4.78, 5) is 30.8. The molecule has 2 aromatic rings. The SMILES string of the molecule is C=CCN(CC=C)C(=O)Cn1c(CCCNC(=O)CCC)nc2ccccc21. The predicted octanol–water partition coefficient (Wildman–Crippen LogP) is 3.09. The summed E-state index contributed by atoms with van der Waals surface area (Å²) in [6.45, 7) is 11.2. The Labute approximate surface area is 166 Å². The Morgan fingerprint density at radius 2 is 1.93 bits per heavy atom. The number of benzene rings is 1. The van der Waals surface area contributed by atoms with Gasteiger partial charge < -0.3 is 14.8 Å². The van der Waals surface area contributed by atoms with Gasteiger partial charge in [0.15, 0.2) is 0 Å². The lowest BCUT2D eigenvalue weighted by Gasteiger charge is -2.20. The van der Waals surface area contributed by atoms with Crippen LogP contribution in [-0.4, -0.2) is 45.9 Å². The quantitative estimate of drug-likeness (QED) is 0.453. The molecule has 1 heterocycles. The fourth-order valence-corrected chi connectivity index (χ4v) is 3.11. The standard InChI is InChI=1S/C22H30N4O2/c1-4-10-21(27)23-14-9-13-20-24-18-11-7-8-12-19(18)26(20)17-22(28)25(15-5-2)16-6-3/h5-8,11-12H,2-4,9-10,13-17H2,1H3,(H,23,27). The lowest BCUT2D eigenvalue weighted by molar-refractivity contribution is -0.130. The van der Waals surface area contributed by atoms with Gasteiger partial charge >= 0.3 is 0 Å². The van der Waals surface area contributed by atoms with E-state index in [0.29, 0.717) is 32.5 Å². The molecule has 6 nitrogen and oxygen atoms in total. The molecule has 1 aromatic carbocycles. The van der Waals surface area contributed by atoms with E-state index in [1.807, 2.05) is 35.8 Å². The van der Waals surface area contributed by atoms with E-state index < -0.39 is 0 Å². The van der Waals surface area contributed by atoms with Crippen LogP contribution in [0.3, 0.4) is 0 Å². The van der Waals surface area contributed by atoms with Gasteiger partial charge in [0.2, 0.25) is 11.8 Å². The molecule has 0 bridgehead atoms. The summed E-state index contributed by atoms with van der Waals surface area (Å²) in [6.07, 6.45) is 6.29. The van der Waals surface area contributed by atoms with Gasteiger partial charge in [-0.1, -0.05) is 31.2 Å². The molecule has 0 aliphatic rings. The number of hydrogen-bond donors (Lipinski definition) is 1. The molecule has 0 saturated heterocycles. The molecule has 2 amide bonds. The van der Waals surface area contributed by atoms with Crippen LogP contribution in [0.2, 0.25) is 0 Å². The van der Waals surface area contributed by atoms with E-state index in [1.165, 1.54) is 0 Å². The van der Waals surface area contributed by atoms with Crippen LogP contribution in [-0.2, 0) is 22.6 Å². The van der Waals surface area contributed by atoms with Crippen LogP contribution in [0.15, 0.2) is 49.6 Å². The molecule has 0 saturated carbocycles. The lowest BCUT2D eigenvalue weighted by atomic mass is 10.2. The van der Waals surface area contributed by atoms with E-state index in [-0.39, 0.29) is 18.4 Å². The van der Waals surface area contributed by atoms with Gasteiger partial charge in [-0.3, -0.25) is 9.59 Å². The number of para-hydroxylation sites is 2. The van der Waals surface area contributed by atoms with Crippen molar-refractivity contribution in [2.45, 2.75) is 39.2 Å². The van der Waals surface area contributed by atoms with Crippen LogP contribution in [0, 0.1) is 0 Å². The van der Waals surface area contributed by atoms with Gasteiger partial charge in [0.05, 0.1) is 11.0 Å². The van der Waals surface area contributed by atoms with E-state index in [9.17, 15) is 9.59 Å². The molecule has 6 heteroatoms. The number of fused-ring (bicyclic) bond motifs is 1. The van der Waals surface area contributed by atoms with Crippen molar-refractivity contribution >= 4 is 22.8 Å². The summed E-state index contributed by atoms with van der Waals surface area (Å²) >= 11 is 0. The minimum Gasteiger partial charge on any atom is -0.356 e. The summed E-state index contributed by atoms with van der Waals surface area (Å²) in [6, 6.07) is 7.82. The molecular weight excluding hydrogens is 352 g/mol. The minimum absolute atomic E-state index is 0.000418. The molecule has 0 atom stereocenters. The zero-order valence-electron chi connectivity index (χ0n) is 16.7. The van der Waals surface area contributed by atoms with Crippen LogP contribution in [0.5, 0.6) is 0 Å². The second kappa shape index (κ2) is 11.1. The summed E-state index contributed by atoms with van der Waals surface area (Å²) in [5.74, 6) is 0.938. The van der Waals surface area contributed by atoms with Gasteiger partial charge in [0, 0.05) is 32.5 Å². The largest absolute Gasteiger partial charge is 0.356 e. The van der Waals surface area contributed by atoms with E-state index in [4.69, 9.17) is 4.98 Å². The highest BCUT2D eigenvalue weighted by Gasteiger charge is 2.17. The van der Waals surface area contributed by atoms with Gasteiger partial charge in [0.25, 0.3) is 0 Å². The fourth-order valence-electron chi connectivity index (χ4n) is 3.11. The van der Waals surface area contributed by atoms with Crippen LogP contribution in [0.25, 0.3) is 11.0 Å². The predicted molar refractivity (Wildman–Crippen MR) is 113 cm³/mol. The van der Waals surface area contributed by atoms with E-state index in [1.54, 1.807) is 17.1 Å². The molecular formula is C22H30N4O2. The number of nitrogens with zero attached hydrogens (tertiary/aromatic N) is 3. The maximum absolute atomic E-state index is 12.8. The molecule has 2 rings (SSSR count). The first-order valence-corrected chi connectivity index (χ1v) is 9.81. The van der Waals surface area contributed by atoms with Crippen molar-refractivity contribution in [2.24, 2.45) is 0 Å². The average molecular weight is 383 g/mol. The number of hydrogen-bond acceptors (Lipinski definition) is 3. The molecule has 0 spiro atoms. The molecule has 150 valence electrons. The van der Waals surface area contributed by atoms with Crippen molar-refractivity contribution < 1.29 is 9.59 Å². The van der Waals surface area contributed by atoms with Gasteiger partial charge in [-0.25, -0.2) is 4.98 Å². The highest BCUT2D eigenvalue weighted by molar-refractivity contribution is 5.81. The molecule has 0 aliphatic carbocycles. The van der Waals surface area contributed by atoms with Gasteiger partial charge in [-0.05, 0) is 25.0 Å². The number of amides is 2. The summed E-state index contributed by atoms with van der Waals surface area (Å²) in [7, 11) is 0. The Morgan fingerprint density at radius 1 is 1.21 bits per heavy atom.